The number of amides is 1. The molecule has 5 nitrogen and oxygen atoms in total. The molecule has 0 aliphatic carbocycles. The maximum atomic E-state index is 11.6. The Bertz CT molecular complexity index is 292. The Balaban J connectivity index is 2.23. The molecule has 1 unspecified atom stereocenters. The van der Waals surface area contributed by atoms with E-state index in [-0.39, 0.29) is 11.6 Å². The smallest absolute Gasteiger partial charge is 0.407 e. The third-order valence-corrected chi connectivity index (χ3v) is 2.91. The average Bonchev–Trinajstić information content (AvgIpc) is 2.74. The summed E-state index contributed by atoms with van der Waals surface area (Å²) >= 11 is 0. The minimum Gasteiger partial charge on any atom is -0.444 e. The molecular weight excluding hydrogens is 244 g/mol. The van der Waals surface area contributed by atoms with Gasteiger partial charge in [0.2, 0.25) is 0 Å². The summed E-state index contributed by atoms with van der Waals surface area (Å²) in [5.41, 5.74) is -0.637. The zero-order valence-electron chi connectivity index (χ0n) is 12.8. The van der Waals surface area contributed by atoms with Gasteiger partial charge in [0.15, 0.2) is 0 Å². The number of hydrogen-bond acceptors (Lipinski definition) is 4. The van der Waals surface area contributed by atoms with Gasteiger partial charge in [-0.05, 0) is 47.5 Å². The monoisotopic (exact) mass is 272 g/mol. The van der Waals surface area contributed by atoms with Crippen molar-refractivity contribution in [3.05, 3.63) is 0 Å². The highest BCUT2D eigenvalue weighted by molar-refractivity contribution is 5.67. The van der Waals surface area contributed by atoms with Crippen LogP contribution in [-0.4, -0.2) is 43.0 Å². The van der Waals surface area contributed by atoms with Crippen LogP contribution in [0.5, 0.6) is 0 Å². The van der Waals surface area contributed by atoms with E-state index in [1.165, 1.54) is 0 Å². The van der Waals surface area contributed by atoms with E-state index in [9.17, 15) is 4.79 Å². The predicted molar refractivity (Wildman–Crippen MR) is 75.3 cm³/mol. The number of nitrogens with one attached hydrogen (secondary N) is 2. The van der Waals surface area contributed by atoms with Crippen LogP contribution in [0.25, 0.3) is 0 Å². The normalized spacial score (nSPS) is 20.4. The molecule has 112 valence electrons. The Morgan fingerprint density at radius 1 is 1.32 bits per heavy atom. The molecular formula is C14H28N2O3. The van der Waals surface area contributed by atoms with Crippen molar-refractivity contribution >= 4 is 6.09 Å². The Kier molecular flexibility index (Phi) is 5.62. The lowest BCUT2D eigenvalue weighted by molar-refractivity contribution is 0.0510. The first-order valence-electron chi connectivity index (χ1n) is 7.01. The van der Waals surface area contributed by atoms with Gasteiger partial charge in [-0.1, -0.05) is 0 Å². The van der Waals surface area contributed by atoms with Crippen molar-refractivity contribution < 1.29 is 14.3 Å². The number of carbonyl (C=O) groups is 1. The van der Waals surface area contributed by atoms with Crippen molar-refractivity contribution in [2.45, 2.75) is 64.7 Å². The van der Waals surface area contributed by atoms with Gasteiger partial charge in [-0.15, -0.1) is 0 Å². The highest BCUT2D eigenvalue weighted by Gasteiger charge is 2.23. The van der Waals surface area contributed by atoms with Crippen LogP contribution in [0, 0.1) is 0 Å². The highest BCUT2D eigenvalue weighted by atomic mass is 16.6. The summed E-state index contributed by atoms with van der Waals surface area (Å²) in [5.74, 6) is 0. The maximum Gasteiger partial charge on any atom is 0.407 e. The summed E-state index contributed by atoms with van der Waals surface area (Å²) in [5, 5.41) is 6.21. The second-order valence-corrected chi connectivity index (χ2v) is 6.76. The van der Waals surface area contributed by atoms with Gasteiger partial charge in [0.05, 0.1) is 6.10 Å². The second kappa shape index (κ2) is 6.57. The van der Waals surface area contributed by atoms with E-state index in [0.717, 1.165) is 26.0 Å². The minimum atomic E-state index is -0.459. The van der Waals surface area contributed by atoms with Crippen molar-refractivity contribution in [1.82, 2.24) is 10.6 Å². The van der Waals surface area contributed by atoms with E-state index in [1.54, 1.807) is 0 Å². The second-order valence-electron chi connectivity index (χ2n) is 6.76. The molecule has 1 amide bonds. The van der Waals surface area contributed by atoms with Gasteiger partial charge < -0.3 is 20.1 Å². The van der Waals surface area contributed by atoms with E-state index in [2.05, 4.69) is 24.5 Å². The molecule has 1 heterocycles. The molecule has 0 aromatic carbocycles. The third kappa shape index (κ3) is 7.38. The summed E-state index contributed by atoms with van der Waals surface area (Å²) in [6, 6.07) is 0. The molecule has 1 fully saturated rings. The SMILES string of the molecule is CC(C)(CNC(=O)OC(C)(C)C)NCC1CCCO1. The summed E-state index contributed by atoms with van der Waals surface area (Å²) in [6.07, 6.45) is 2.19. The van der Waals surface area contributed by atoms with Crippen LogP contribution in [-0.2, 0) is 9.47 Å². The number of alkyl carbamates (subject to hydrolysis) is 1. The molecule has 0 saturated carbocycles. The van der Waals surface area contributed by atoms with Gasteiger partial charge in [-0.2, -0.15) is 0 Å². The standard InChI is InChI=1S/C14H28N2O3/c1-13(2,3)19-12(17)15-10-14(4,5)16-9-11-7-6-8-18-11/h11,16H,6-10H2,1-5H3,(H,15,17). The van der Waals surface area contributed by atoms with E-state index in [4.69, 9.17) is 9.47 Å². The van der Waals surface area contributed by atoms with Gasteiger partial charge in [0, 0.05) is 25.2 Å². The fourth-order valence-corrected chi connectivity index (χ4v) is 1.87. The van der Waals surface area contributed by atoms with E-state index >= 15 is 0 Å². The first-order valence-corrected chi connectivity index (χ1v) is 7.01. The fourth-order valence-electron chi connectivity index (χ4n) is 1.87. The molecule has 19 heavy (non-hydrogen) atoms. The van der Waals surface area contributed by atoms with Gasteiger partial charge in [0.1, 0.15) is 5.60 Å². The zero-order chi connectivity index (χ0) is 14.5. The summed E-state index contributed by atoms with van der Waals surface area (Å²) in [6.45, 7) is 11.9. The molecule has 5 heteroatoms. The number of carbonyl (C=O) groups excluding carboxylic acids is 1. The molecule has 1 saturated heterocycles. The Hall–Kier alpha value is -0.810. The topological polar surface area (TPSA) is 59.6 Å². The summed E-state index contributed by atoms with van der Waals surface area (Å²) < 4.78 is 10.8. The molecule has 1 aliphatic heterocycles. The lowest BCUT2D eigenvalue weighted by Gasteiger charge is -2.29. The largest absolute Gasteiger partial charge is 0.444 e. The summed E-state index contributed by atoms with van der Waals surface area (Å²) in [7, 11) is 0. The zero-order valence-corrected chi connectivity index (χ0v) is 12.8. The Morgan fingerprint density at radius 2 is 2.00 bits per heavy atom. The Morgan fingerprint density at radius 3 is 2.53 bits per heavy atom. The highest BCUT2D eigenvalue weighted by Crippen LogP contribution is 2.12. The van der Waals surface area contributed by atoms with Crippen LogP contribution in [0.15, 0.2) is 0 Å². The van der Waals surface area contributed by atoms with Crippen molar-refractivity contribution in [2.24, 2.45) is 0 Å². The first kappa shape index (κ1) is 16.2. The molecule has 2 N–H and O–H groups in total. The van der Waals surface area contributed by atoms with Crippen molar-refractivity contribution in [1.29, 1.82) is 0 Å². The van der Waals surface area contributed by atoms with Crippen LogP contribution < -0.4 is 10.6 Å². The van der Waals surface area contributed by atoms with E-state index in [0.29, 0.717) is 12.6 Å². The quantitative estimate of drug-likeness (QED) is 0.804. The van der Waals surface area contributed by atoms with E-state index in [1.807, 2.05) is 20.8 Å². The van der Waals surface area contributed by atoms with Crippen molar-refractivity contribution in [2.75, 3.05) is 19.7 Å². The van der Waals surface area contributed by atoms with Gasteiger partial charge in [-0.25, -0.2) is 4.79 Å². The fraction of sp³-hybridized carbons (Fsp3) is 0.929. The number of ether oxygens (including phenoxy) is 2. The molecule has 1 atom stereocenters. The Labute approximate surface area is 116 Å². The lowest BCUT2D eigenvalue weighted by Crippen LogP contribution is -2.51. The first-order chi connectivity index (χ1) is 8.68. The summed E-state index contributed by atoms with van der Waals surface area (Å²) in [4.78, 5) is 11.6. The number of rotatable bonds is 5. The van der Waals surface area contributed by atoms with Gasteiger partial charge in [0.25, 0.3) is 0 Å². The van der Waals surface area contributed by atoms with E-state index < -0.39 is 5.60 Å². The van der Waals surface area contributed by atoms with Crippen LogP contribution in [0.4, 0.5) is 4.79 Å². The van der Waals surface area contributed by atoms with Gasteiger partial charge >= 0.3 is 6.09 Å². The molecule has 0 aromatic rings. The molecule has 1 aliphatic rings. The maximum absolute atomic E-state index is 11.6. The van der Waals surface area contributed by atoms with Crippen LogP contribution in [0.2, 0.25) is 0 Å². The molecule has 0 aromatic heterocycles. The number of hydrogen-bond donors (Lipinski definition) is 2. The van der Waals surface area contributed by atoms with Crippen LogP contribution >= 0.6 is 0 Å². The molecule has 0 radical (unpaired) electrons. The third-order valence-electron chi connectivity index (χ3n) is 2.91. The van der Waals surface area contributed by atoms with Crippen LogP contribution in [0.3, 0.4) is 0 Å². The van der Waals surface area contributed by atoms with Crippen molar-refractivity contribution in [3.63, 3.8) is 0 Å². The van der Waals surface area contributed by atoms with Crippen molar-refractivity contribution in [3.8, 4) is 0 Å². The molecule has 1 rings (SSSR count). The predicted octanol–water partition coefficient (Wildman–Crippen LogP) is 2.06. The lowest BCUT2D eigenvalue weighted by atomic mass is 10.1. The average molecular weight is 272 g/mol. The van der Waals surface area contributed by atoms with Crippen LogP contribution in [0.1, 0.15) is 47.5 Å². The molecule has 0 bridgehead atoms. The minimum absolute atomic E-state index is 0.178. The van der Waals surface area contributed by atoms with Gasteiger partial charge in [-0.3, -0.25) is 0 Å². The molecule has 0 spiro atoms.